The molecule has 0 spiro atoms. The molecule has 0 atom stereocenters. The van der Waals surface area contributed by atoms with E-state index in [1.54, 1.807) is 16.8 Å². The number of carbonyl (C=O) groups is 2. The second kappa shape index (κ2) is 8.64. The predicted molar refractivity (Wildman–Crippen MR) is 102 cm³/mol. The quantitative estimate of drug-likeness (QED) is 0.753. The van der Waals surface area contributed by atoms with Crippen molar-refractivity contribution in [1.29, 1.82) is 0 Å². The van der Waals surface area contributed by atoms with E-state index in [9.17, 15) is 9.59 Å². The van der Waals surface area contributed by atoms with E-state index in [1.807, 2.05) is 18.2 Å². The van der Waals surface area contributed by atoms with Gasteiger partial charge in [0, 0.05) is 45.8 Å². The smallest absolute Gasteiger partial charge is 0.312 e. The van der Waals surface area contributed by atoms with Gasteiger partial charge in [-0.15, -0.1) is 0 Å². The Hall–Kier alpha value is -1.92. The molecule has 0 unspecified atom stereocenters. The second-order valence-electron chi connectivity index (χ2n) is 7.50. The van der Waals surface area contributed by atoms with E-state index in [1.165, 1.54) is 5.56 Å². The first-order valence-corrected chi connectivity index (χ1v) is 9.55. The summed E-state index contributed by atoms with van der Waals surface area (Å²) in [4.78, 5) is 33.2. The Morgan fingerprint density at radius 2 is 1.62 bits per heavy atom. The maximum atomic E-state index is 12.6. The van der Waals surface area contributed by atoms with Gasteiger partial charge in [0.25, 0.3) is 0 Å². The molecule has 26 heavy (non-hydrogen) atoms. The van der Waals surface area contributed by atoms with E-state index >= 15 is 0 Å². The van der Waals surface area contributed by atoms with Crippen molar-refractivity contribution in [1.82, 2.24) is 19.6 Å². The van der Waals surface area contributed by atoms with Crippen LogP contribution in [0.4, 0.5) is 0 Å². The minimum absolute atomic E-state index is 0.182. The number of hydrogen-bond acceptors (Lipinski definition) is 4. The Morgan fingerprint density at radius 3 is 2.23 bits per heavy atom. The van der Waals surface area contributed by atoms with Gasteiger partial charge < -0.3 is 14.7 Å². The minimum atomic E-state index is -0.351. The molecule has 0 saturated carbocycles. The third-order valence-corrected chi connectivity index (χ3v) is 5.65. The number of likely N-dealkylation sites (N-methyl/N-ethyl adjacent to an activating group) is 1. The Labute approximate surface area is 156 Å². The number of rotatable bonds is 3. The molecule has 3 rings (SSSR count). The van der Waals surface area contributed by atoms with Crippen LogP contribution in [0.15, 0.2) is 30.3 Å². The zero-order valence-corrected chi connectivity index (χ0v) is 15.9. The second-order valence-corrected chi connectivity index (χ2v) is 7.50. The van der Waals surface area contributed by atoms with E-state index in [0.29, 0.717) is 13.1 Å². The molecule has 1 aromatic rings. The molecule has 2 fully saturated rings. The molecule has 142 valence electrons. The van der Waals surface area contributed by atoms with Crippen molar-refractivity contribution in [3.8, 4) is 0 Å². The van der Waals surface area contributed by atoms with Gasteiger partial charge >= 0.3 is 11.8 Å². The van der Waals surface area contributed by atoms with Crippen molar-refractivity contribution >= 4 is 11.8 Å². The lowest BCUT2D eigenvalue weighted by molar-refractivity contribution is -0.153. The summed E-state index contributed by atoms with van der Waals surface area (Å²) in [6, 6.07) is 10.5. The Bertz CT molecular complexity index is 605. The van der Waals surface area contributed by atoms with Gasteiger partial charge in [-0.25, -0.2) is 0 Å². The number of carbonyl (C=O) groups excluding carboxylic acids is 2. The van der Waals surface area contributed by atoms with Gasteiger partial charge in [-0.2, -0.15) is 0 Å². The average Bonchev–Trinajstić information content (AvgIpc) is 2.68. The van der Waals surface area contributed by atoms with Crippen molar-refractivity contribution < 1.29 is 9.59 Å². The summed E-state index contributed by atoms with van der Waals surface area (Å²) in [5, 5.41) is 0. The maximum Gasteiger partial charge on any atom is 0.312 e. The molecule has 0 radical (unpaired) electrons. The van der Waals surface area contributed by atoms with Crippen LogP contribution in [0, 0.1) is 0 Å². The largest absolute Gasteiger partial charge is 0.334 e. The molecule has 6 nitrogen and oxygen atoms in total. The van der Waals surface area contributed by atoms with Crippen molar-refractivity contribution in [3.05, 3.63) is 35.9 Å². The summed E-state index contributed by atoms with van der Waals surface area (Å²) in [5.41, 5.74) is 1.28. The molecule has 2 saturated heterocycles. The molecule has 2 aliphatic heterocycles. The summed E-state index contributed by atoms with van der Waals surface area (Å²) in [6.45, 7) is 5.73. The fraction of sp³-hybridized carbons (Fsp3) is 0.600. The topological polar surface area (TPSA) is 47.1 Å². The highest BCUT2D eigenvalue weighted by Crippen LogP contribution is 2.15. The number of likely N-dealkylation sites (tertiary alicyclic amines) is 1. The zero-order chi connectivity index (χ0) is 18.5. The van der Waals surface area contributed by atoms with Crippen LogP contribution < -0.4 is 0 Å². The Morgan fingerprint density at radius 1 is 1.00 bits per heavy atom. The molecule has 0 N–H and O–H groups in total. The van der Waals surface area contributed by atoms with Crippen LogP contribution in [0.3, 0.4) is 0 Å². The van der Waals surface area contributed by atoms with Crippen LogP contribution in [0.25, 0.3) is 0 Å². The highest BCUT2D eigenvalue weighted by Gasteiger charge is 2.32. The molecular weight excluding hydrogens is 328 g/mol. The predicted octanol–water partition coefficient (Wildman–Crippen LogP) is 0.883. The number of amides is 2. The molecule has 6 heteroatoms. The number of piperidine rings is 1. The van der Waals surface area contributed by atoms with Gasteiger partial charge in [0.15, 0.2) is 0 Å². The van der Waals surface area contributed by atoms with Crippen LogP contribution in [0.5, 0.6) is 0 Å². The van der Waals surface area contributed by atoms with E-state index in [-0.39, 0.29) is 17.9 Å². The summed E-state index contributed by atoms with van der Waals surface area (Å²) < 4.78 is 0. The van der Waals surface area contributed by atoms with Crippen LogP contribution in [0.1, 0.15) is 18.4 Å². The van der Waals surface area contributed by atoms with E-state index in [2.05, 4.69) is 29.0 Å². The summed E-state index contributed by atoms with van der Waals surface area (Å²) in [6.07, 6.45) is 1.88. The fourth-order valence-corrected chi connectivity index (χ4v) is 3.78. The average molecular weight is 358 g/mol. The molecule has 2 aliphatic rings. The summed E-state index contributed by atoms with van der Waals surface area (Å²) in [5.74, 6) is -0.693. The van der Waals surface area contributed by atoms with Crippen molar-refractivity contribution in [2.24, 2.45) is 0 Å². The minimum Gasteiger partial charge on any atom is -0.334 e. The normalized spacial score (nSPS) is 20.2. The molecule has 0 bridgehead atoms. The van der Waals surface area contributed by atoms with Crippen LogP contribution in [-0.4, -0.2) is 90.8 Å². The van der Waals surface area contributed by atoms with Gasteiger partial charge in [0.1, 0.15) is 0 Å². The van der Waals surface area contributed by atoms with Gasteiger partial charge in [-0.1, -0.05) is 30.3 Å². The molecule has 0 aliphatic carbocycles. The third-order valence-electron chi connectivity index (χ3n) is 5.65. The van der Waals surface area contributed by atoms with Crippen molar-refractivity contribution in [2.75, 3.05) is 53.4 Å². The first kappa shape index (κ1) is 18.9. The summed E-state index contributed by atoms with van der Waals surface area (Å²) in [7, 11) is 3.87. The van der Waals surface area contributed by atoms with Gasteiger partial charge in [0.2, 0.25) is 0 Å². The van der Waals surface area contributed by atoms with Crippen molar-refractivity contribution in [2.45, 2.75) is 25.4 Å². The number of benzene rings is 1. The standard InChI is InChI=1S/C20H30N4O2/c1-21-10-8-18(9-11-21)22(2)19(25)20(26)24-14-12-23(13-15-24)16-17-6-4-3-5-7-17/h3-7,18H,8-16H2,1-2H3. The highest BCUT2D eigenvalue weighted by atomic mass is 16.2. The van der Waals surface area contributed by atoms with E-state index in [0.717, 1.165) is 45.6 Å². The Kier molecular flexibility index (Phi) is 6.27. The maximum absolute atomic E-state index is 12.6. The zero-order valence-electron chi connectivity index (χ0n) is 15.9. The van der Waals surface area contributed by atoms with Crippen LogP contribution in [0.2, 0.25) is 0 Å². The van der Waals surface area contributed by atoms with Gasteiger partial charge in [0.05, 0.1) is 0 Å². The lowest BCUT2D eigenvalue weighted by atomic mass is 10.0. The van der Waals surface area contributed by atoms with Crippen LogP contribution in [-0.2, 0) is 16.1 Å². The monoisotopic (exact) mass is 358 g/mol. The highest BCUT2D eigenvalue weighted by molar-refractivity contribution is 6.34. The first-order valence-electron chi connectivity index (χ1n) is 9.55. The van der Waals surface area contributed by atoms with E-state index < -0.39 is 0 Å². The van der Waals surface area contributed by atoms with Crippen molar-refractivity contribution in [3.63, 3.8) is 0 Å². The lowest BCUT2D eigenvalue weighted by Gasteiger charge is -2.37. The van der Waals surface area contributed by atoms with Crippen LogP contribution >= 0.6 is 0 Å². The van der Waals surface area contributed by atoms with Gasteiger partial charge in [-0.05, 0) is 38.5 Å². The molecule has 2 heterocycles. The fourth-order valence-electron chi connectivity index (χ4n) is 3.78. The lowest BCUT2D eigenvalue weighted by Crippen LogP contribution is -2.54. The molecular formula is C20H30N4O2. The Balaban J connectivity index is 1.47. The number of hydrogen-bond donors (Lipinski definition) is 0. The molecule has 2 amide bonds. The molecule has 0 aromatic heterocycles. The SMILES string of the molecule is CN1CCC(N(C)C(=O)C(=O)N2CCN(Cc3ccccc3)CC2)CC1. The third kappa shape index (κ3) is 4.62. The number of piperazine rings is 1. The first-order chi connectivity index (χ1) is 12.5. The number of nitrogens with zero attached hydrogens (tertiary/aromatic N) is 4. The molecule has 1 aromatic carbocycles. The van der Waals surface area contributed by atoms with Gasteiger partial charge in [-0.3, -0.25) is 14.5 Å². The summed E-state index contributed by atoms with van der Waals surface area (Å²) >= 11 is 0. The van der Waals surface area contributed by atoms with E-state index in [4.69, 9.17) is 0 Å².